The van der Waals surface area contributed by atoms with Gasteiger partial charge in [-0.2, -0.15) is 0 Å². The lowest BCUT2D eigenvalue weighted by molar-refractivity contribution is -0.120. The first-order chi connectivity index (χ1) is 10.2. The van der Waals surface area contributed by atoms with Crippen molar-refractivity contribution in [1.29, 1.82) is 0 Å². The first-order valence-corrected chi connectivity index (χ1v) is 8.41. The highest BCUT2D eigenvalue weighted by Gasteiger charge is 2.22. The second-order valence-electron chi connectivity index (χ2n) is 4.86. The Morgan fingerprint density at radius 2 is 2.05 bits per heavy atom. The molecule has 1 heterocycles. The van der Waals surface area contributed by atoms with Crippen LogP contribution in [0.4, 0.5) is 5.69 Å². The molecule has 4 nitrogen and oxygen atoms in total. The van der Waals surface area contributed by atoms with E-state index in [2.05, 4.69) is 18.2 Å². The molecule has 0 saturated heterocycles. The molecule has 116 valence electrons. The second-order valence-corrected chi connectivity index (χ2v) is 5.96. The molecule has 5 heteroatoms. The van der Waals surface area contributed by atoms with E-state index in [4.69, 9.17) is 9.47 Å². The van der Waals surface area contributed by atoms with Crippen LogP contribution in [0.1, 0.15) is 26.3 Å². The van der Waals surface area contributed by atoms with Gasteiger partial charge in [0, 0.05) is 43.0 Å². The molecular formula is C16H23NO3S. The van der Waals surface area contributed by atoms with Crippen LogP contribution in [-0.4, -0.2) is 37.7 Å². The highest BCUT2D eigenvalue weighted by atomic mass is 32.2. The highest BCUT2D eigenvalue weighted by molar-refractivity contribution is 7.99. The van der Waals surface area contributed by atoms with Gasteiger partial charge in [-0.25, -0.2) is 0 Å². The summed E-state index contributed by atoms with van der Waals surface area (Å²) in [6.45, 7) is 7.64. The Hall–Kier alpha value is -1.04. The van der Waals surface area contributed by atoms with Gasteiger partial charge in [0.2, 0.25) is 5.91 Å². The van der Waals surface area contributed by atoms with Crippen LogP contribution in [0.15, 0.2) is 23.1 Å². The maximum atomic E-state index is 11.6. The molecule has 0 saturated carbocycles. The van der Waals surface area contributed by atoms with Crippen molar-refractivity contribution in [3.63, 3.8) is 0 Å². The van der Waals surface area contributed by atoms with Gasteiger partial charge in [-0.1, -0.05) is 6.07 Å². The number of rotatable bonds is 7. The molecule has 0 aliphatic carbocycles. The lowest BCUT2D eigenvalue weighted by Gasteiger charge is -2.18. The maximum Gasteiger partial charge on any atom is 0.223 e. The first kappa shape index (κ1) is 16.3. The zero-order chi connectivity index (χ0) is 15.2. The molecule has 0 bridgehead atoms. The fourth-order valence-electron chi connectivity index (χ4n) is 2.46. The van der Waals surface area contributed by atoms with Crippen LogP contribution in [0.2, 0.25) is 0 Å². The molecule has 0 spiro atoms. The second kappa shape index (κ2) is 7.82. The van der Waals surface area contributed by atoms with E-state index in [-0.39, 0.29) is 12.2 Å². The summed E-state index contributed by atoms with van der Waals surface area (Å²) < 4.78 is 11.1. The van der Waals surface area contributed by atoms with Gasteiger partial charge in [-0.15, -0.1) is 11.8 Å². The predicted molar refractivity (Wildman–Crippen MR) is 85.9 cm³/mol. The normalized spacial score (nSPS) is 13.8. The summed E-state index contributed by atoms with van der Waals surface area (Å²) >= 11 is 1.70. The Balaban J connectivity index is 2.01. The molecule has 0 radical (unpaired) electrons. The van der Waals surface area contributed by atoms with Gasteiger partial charge in [-0.3, -0.25) is 4.79 Å². The topological polar surface area (TPSA) is 38.8 Å². The van der Waals surface area contributed by atoms with E-state index in [0.29, 0.717) is 13.2 Å². The lowest BCUT2D eigenvalue weighted by atomic mass is 10.2. The summed E-state index contributed by atoms with van der Waals surface area (Å²) in [5, 5.41) is 0. The molecule has 0 unspecified atom stereocenters. The Morgan fingerprint density at radius 3 is 2.67 bits per heavy atom. The Kier molecular flexibility index (Phi) is 6.08. The molecule has 1 aromatic carbocycles. The summed E-state index contributed by atoms with van der Waals surface area (Å²) in [4.78, 5) is 14.6. The standard InChI is InChI=1S/C16H23NO3S/c1-4-19-16(20-5-2)11-21-14-7-6-13-8-9-17(12(3)18)15(13)10-14/h6-7,10,16H,4-5,8-9,11H2,1-3H3. The number of thioether (sulfide) groups is 1. The number of fused-ring (bicyclic) bond motifs is 1. The minimum atomic E-state index is -0.179. The summed E-state index contributed by atoms with van der Waals surface area (Å²) in [6.07, 6.45) is 0.766. The average Bonchev–Trinajstić information content (AvgIpc) is 2.88. The number of carbonyl (C=O) groups excluding carboxylic acids is 1. The van der Waals surface area contributed by atoms with Gasteiger partial charge >= 0.3 is 0 Å². The van der Waals surface area contributed by atoms with Crippen molar-refractivity contribution in [1.82, 2.24) is 0 Å². The summed E-state index contributed by atoms with van der Waals surface area (Å²) in [5.74, 6) is 0.859. The van der Waals surface area contributed by atoms with Crippen LogP contribution in [0.5, 0.6) is 0 Å². The number of hydrogen-bond acceptors (Lipinski definition) is 4. The van der Waals surface area contributed by atoms with Gasteiger partial charge < -0.3 is 14.4 Å². The Morgan fingerprint density at radius 1 is 1.33 bits per heavy atom. The van der Waals surface area contributed by atoms with E-state index in [1.807, 2.05) is 18.7 Å². The number of ether oxygens (including phenoxy) is 2. The van der Waals surface area contributed by atoms with Crippen LogP contribution in [-0.2, 0) is 20.7 Å². The number of anilines is 1. The summed E-state index contributed by atoms with van der Waals surface area (Å²) in [6, 6.07) is 6.34. The van der Waals surface area contributed by atoms with Crippen molar-refractivity contribution in [3.05, 3.63) is 23.8 Å². The molecular weight excluding hydrogens is 286 g/mol. The minimum Gasteiger partial charge on any atom is -0.352 e. The maximum absolute atomic E-state index is 11.6. The number of benzene rings is 1. The molecule has 0 aromatic heterocycles. The van der Waals surface area contributed by atoms with Crippen molar-refractivity contribution in [2.24, 2.45) is 0 Å². The van der Waals surface area contributed by atoms with E-state index in [9.17, 15) is 4.79 Å². The minimum absolute atomic E-state index is 0.109. The smallest absolute Gasteiger partial charge is 0.223 e. The third kappa shape index (κ3) is 4.22. The van der Waals surface area contributed by atoms with Crippen molar-refractivity contribution in [3.8, 4) is 0 Å². The first-order valence-electron chi connectivity index (χ1n) is 7.42. The van der Waals surface area contributed by atoms with E-state index in [1.54, 1.807) is 18.7 Å². The van der Waals surface area contributed by atoms with Gasteiger partial charge in [0.15, 0.2) is 6.29 Å². The van der Waals surface area contributed by atoms with Crippen LogP contribution in [0.3, 0.4) is 0 Å². The van der Waals surface area contributed by atoms with Crippen LogP contribution in [0.25, 0.3) is 0 Å². The number of carbonyl (C=O) groups is 1. The van der Waals surface area contributed by atoms with Crippen molar-refractivity contribution in [2.45, 2.75) is 38.4 Å². The quantitative estimate of drug-likeness (QED) is 0.573. The van der Waals surface area contributed by atoms with E-state index in [0.717, 1.165) is 29.3 Å². The molecule has 0 fully saturated rings. The average molecular weight is 309 g/mol. The number of amides is 1. The van der Waals surface area contributed by atoms with Crippen LogP contribution >= 0.6 is 11.8 Å². The molecule has 0 N–H and O–H groups in total. The summed E-state index contributed by atoms with van der Waals surface area (Å²) in [5.41, 5.74) is 2.30. The van der Waals surface area contributed by atoms with Crippen molar-refractivity contribution in [2.75, 3.05) is 30.4 Å². The van der Waals surface area contributed by atoms with Gasteiger partial charge in [0.25, 0.3) is 0 Å². The van der Waals surface area contributed by atoms with Crippen LogP contribution < -0.4 is 4.90 Å². The van der Waals surface area contributed by atoms with E-state index < -0.39 is 0 Å². The summed E-state index contributed by atoms with van der Waals surface area (Å²) in [7, 11) is 0. The predicted octanol–water partition coefficient (Wildman–Crippen LogP) is 3.09. The fourth-order valence-corrected chi connectivity index (χ4v) is 3.34. The molecule has 1 aromatic rings. The lowest BCUT2D eigenvalue weighted by Crippen LogP contribution is -2.25. The van der Waals surface area contributed by atoms with Crippen LogP contribution in [0, 0.1) is 0 Å². The highest BCUT2D eigenvalue weighted by Crippen LogP contribution is 2.32. The van der Waals surface area contributed by atoms with E-state index >= 15 is 0 Å². The van der Waals surface area contributed by atoms with Crippen molar-refractivity contribution >= 4 is 23.4 Å². The van der Waals surface area contributed by atoms with Crippen molar-refractivity contribution < 1.29 is 14.3 Å². The largest absolute Gasteiger partial charge is 0.352 e. The third-order valence-electron chi connectivity index (χ3n) is 3.42. The Bertz CT molecular complexity index is 486. The molecule has 1 aliphatic rings. The number of nitrogens with zero attached hydrogens (tertiary/aromatic N) is 1. The van der Waals surface area contributed by atoms with Gasteiger partial charge in [0.05, 0.1) is 0 Å². The monoisotopic (exact) mass is 309 g/mol. The molecule has 1 amide bonds. The van der Waals surface area contributed by atoms with Gasteiger partial charge in [0.1, 0.15) is 0 Å². The number of hydrogen-bond donors (Lipinski definition) is 0. The zero-order valence-corrected chi connectivity index (χ0v) is 13.7. The molecule has 21 heavy (non-hydrogen) atoms. The zero-order valence-electron chi connectivity index (χ0n) is 12.9. The molecule has 0 atom stereocenters. The SMILES string of the molecule is CCOC(CSc1ccc2c(c1)N(C(C)=O)CC2)OCC. The van der Waals surface area contributed by atoms with Gasteiger partial charge in [-0.05, 0) is 38.0 Å². The van der Waals surface area contributed by atoms with E-state index in [1.165, 1.54) is 5.56 Å². The Labute approximate surface area is 130 Å². The molecule has 1 aliphatic heterocycles. The fraction of sp³-hybridized carbons (Fsp3) is 0.562. The third-order valence-corrected chi connectivity index (χ3v) is 4.45. The molecule has 2 rings (SSSR count).